The minimum Gasteiger partial charge on any atom is -0.338 e. The van der Waals surface area contributed by atoms with Crippen LogP contribution in [0.15, 0.2) is 17.5 Å². The summed E-state index contributed by atoms with van der Waals surface area (Å²) in [6.07, 6.45) is 2.27. The lowest BCUT2D eigenvalue weighted by molar-refractivity contribution is -0.137. The summed E-state index contributed by atoms with van der Waals surface area (Å²) in [6, 6.07) is 3.39. The molecule has 0 unspecified atom stereocenters. The van der Waals surface area contributed by atoms with Gasteiger partial charge in [0.15, 0.2) is 9.84 Å². The van der Waals surface area contributed by atoms with Crippen LogP contribution in [0.3, 0.4) is 0 Å². The summed E-state index contributed by atoms with van der Waals surface area (Å²) in [5.74, 6) is 0.512. The Kier molecular flexibility index (Phi) is 5.26. The van der Waals surface area contributed by atoms with Gasteiger partial charge in [-0.1, -0.05) is 6.07 Å². The zero-order chi connectivity index (χ0) is 19.0. The summed E-state index contributed by atoms with van der Waals surface area (Å²) in [5, 5.41) is 1.88. The van der Waals surface area contributed by atoms with E-state index in [0.29, 0.717) is 44.0 Å². The minimum absolute atomic E-state index is 0.0381. The second kappa shape index (κ2) is 7.52. The zero-order valence-corrected chi connectivity index (χ0v) is 16.9. The van der Waals surface area contributed by atoms with Crippen molar-refractivity contribution in [2.24, 2.45) is 0 Å². The standard InChI is InChI=1S/C18H25N3O4S2/c22-17(15-3-1-6-21(15)18(23)16-4-2-11-26-16)20-9-7-19(8-10-20)14-5-12-27(24,25)13-14/h2,4,11,14-15H,1,3,5-10,12-13H2/t14-,15+/m1/s1. The first kappa shape index (κ1) is 18.9. The molecule has 0 radical (unpaired) electrons. The third-order valence-corrected chi connectivity index (χ3v) is 8.49. The summed E-state index contributed by atoms with van der Waals surface area (Å²) in [6.45, 7) is 3.25. The number of amides is 2. The fourth-order valence-electron chi connectivity index (χ4n) is 4.39. The summed E-state index contributed by atoms with van der Waals surface area (Å²) in [7, 11) is -2.89. The Bertz CT molecular complexity index is 801. The Labute approximate surface area is 163 Å². The van der Waals surface area contributed by atoms with E-state index in [1.807, 2.05) is 16.3 Å². The Balaban J connectivity index is 1.35. The topological polar surface area (TPSA) is 78.0 Å². The Morgan fingerprint density at radius 2 is 1.85 bits per heavy atom. The maximum atomic E-state index is 13.0. The molecular weight excluding hydrogens is 386 g/mol. The molecule has 3 aliphatic heterocycles. The first-order valence-corrected chi connectivity index (χ1v) is 12.2. The lowest BCUT2D eigenvalue weighted by Gasteiger charge is -2.39. The molecule has 27 heavy (non-hydrogen) atoms. The van der Waals surface area contributed by atoms with Gasteiger partial charge in [0.05, 0.1) is 16.4 Å². The summed E-state index contributed by atoms with van der Waals surface area (Å²) in [5.41, 5.74) is 0. The van der Waals surface area contributed by atoms with Crippen molar-refractivity contribution in [3.63, 3.8) is 0 Å². The highest BCUT2D eigenvalue weighted by molar-refractivity contribution is 7.91. The third kappa shape index (κ3) is 3.90. The monoisotopic (exact) mass is 411 g/mol. The normalized spacial score (nSPS) is 28.6. The van der Waals surface area contributed by atoms with Crippen molar-refractivity contribution >= 4 is 33.0 Å². The third-order valence-electron chi connectivity index (χ3n) is 5.88. The minimum atomic E-state index is -2.89. The lowest BCUT2D eigenvalue weighted by atomic mass is 10.1. The maximum Gasteiger partial charge on any atom is 0.264 e. The van der Waals surface area contributed by atoms with Crippen LogP contribution in [-0.4, -0.2) is 91.2 Å². The predicted molar refractivity (Wildman–Crippen MR) is 104 cm³/mol. The Morgan fingerprint density at radius 1 is 1.07 bits per heavy atom. The molecule has 4 rings (SSSR count). The SMILES string of the molecule is O=C([C@@H]1CCCN1C(=O)c1cccs1)N1CCN([C@@H]2CCS(=O)(=O)C2)CC1. The quantitative estimate of drug-likeness (QED) is 0.731. The number of piperazine rings is 1. The van der Waals surface area contributed by atoms with E-state index >= 15 is 0 Å². The van der Waals surface area contributed by atoms with Gasteiger partial charge in [0.2, 0.25) is 5.91 Å². The van der Waals surface area contributed by atoms with Gasteiger partial charge in [-0.25, -0.2) is 8.42 Å². The van der Waals surface area contributed by atoms with E-state index in [0.717, 1.165) is 12.8 Å². The fourth-order valence-corrected chi connectivity index (χ4v) is 6.83. The zero-order valence-electron chi connectivity index (χ0n) is 15.2. The van der Waals surface area contributed by atoms with Crippen LogP contribution in [0.25, 0.3) is 0 Å². The number of likely N-dealkylation sites (tertiary alicyclic amines) is 1. The van der Waals surface area contributed by atoms with Crippen molar-refractivity contribution in [3.8, 4) is 0 Å². The maximum absolute atomic E-state index is 13.0. The molecule has 0 bridgehead atoms. The first-order valence-electron chi connectivity index (χ1n) is 9.52. The second-order valence-electron chi connectivity index (χ2n) is 7.55. The average Bonchev–Trinajstić information content (AvgIpc) is 3.41. The smallest absolute Gasteiger partial charge is 0.264 e. The van der Waals surface area contributed by atoms with Crippen LogP contribution in [0.5, 0.6) is 0 Å². The van der Waals surface area contributed by atoms with Crippen molar-refractivity contribution < 1.29 is 18.0 Å². The molecule has 148 valence electrons. The van der Waals surface area contributed by atoms with Crippen molar-refractivity contribution in [2.45, 2.75) is 31.3 Å². The molecular formula is C18H25N3O4S2. The van der Waals surface area contributed by atoms with E-state index in [9.17, 15) is 18.0 Å². The molecule has 2 amide bonds. The van der Waals surface area contributed by atoms with Gasteiger partial charge in [-0.15, -0.1) is 11.3 Å². The number of hydrogen-bond donors (Lipinski definition) is 0. The average molecular weight is 412 g/mol. The number of carbonyl (C=O) groups is 2. The van der Waals surface area contributed by atoms with Crippen molar-refractivity contribution in [1.82, 2.24) is 14.7 Å². The molecule has 1 aromatic rings. The highest BCUT2D eigenvalue weighted by Gasteiger charge is 2.39. The lowest BCUT2D eigenvalue weighted by Crippen LogP contribution is -2.56. The number of nitrogens with zero attached hydrogens (tertiary/aromatic N) is 3. The largest absolute Gasteiger partial charge is 0.338 e. The Morgan fingerprint density at radius 3 is 2.48 bits per heavy atom. The second-order valence-corrected chi connectivity index (χ2v) is 10.7. The van der Waals surface area contributed by atoms with Gasteiger partial charge in [0, 0.05) is 38.8 Å². The number of rotatable bonds is 3. The molecule has 3 fully saturated rings. The van der Waals surface area contributed by atoms with Crippen LogP contribution >= 0.6 is 11.3 Å². The summed E-state index contributed by atoms with van der Waals surface area (Å²) in [4.78, 5) is 32.2. The first-order chi connectivity index (χ1) is 12.9. The molecule has 3 aliphatic rings. The molecule has 2 atom stereocenters. The molecule has 4 heterocycles. The summed E-state index contributed by atoms with van der Waals surface area (Å²) >= 11 is 1.41. The number of thiophene rings is 1. The highest BCUT2D eigenvalue weighted by Crippen LogP contribution is 2.25. The molecule has 0 N–H and O–H groups in total. The van der Waals surface area contributed by atoms with Crippen molar-refractivity contribution in [2.75, 3.05) is 44.2 Å². The van der Waals surface area contributed by atoms with Gasteiger partial charge < -0.3 is 9.80 Å². The molecule has 9 heteroatoms. The van der Waals surface area contributed by atoms with Crippen LogP contribution in [0.1, 0.15) is 28.9 Å². The van der Waals surface area contributed by atoms with Crippen LogP contribution in [0, 0.1) is 0 Å². The van der Waals surface area contributed by atoms with Gasteiger partial charge >= 0.3 is 0 Å². The van der Waals surface area contributed by atoms with E-state index in [-0.39, 0.29) is 35.4 Å². The Hall–Kier alpha value is -1.45. The van der Waals surface area contributed by atoms with Crippen molar-refractivity contribution in [1.29, 1.82) is 0 Å². The van der Waals surface area contributed by atoms with E-state index < -0.39 is 9.84 Å². The van der Waals surface area contributed by atoms with E-state index in [1.54, 1.807) is 11.0 Å². The number of sulfone groups is 1. The molecule has 7 nitrogen and oxygen atoms in total. The molecule has 3 saturated heterocycles. The number of carbonyl (C=O) groups excluding carboxylic acids is 2. The van der Waals surface area contributed by atoms with Gasteiger partial charge in [0.1, 0.15) is 6.04 Å². The highest BCUT2D eigenvalue weighted by atomic mass is 32.2. The van der Waals surface area contributed by atoms with Crippen LogP contribution in [-0.2, 0) is 14.6 Å². The van der Waals surface area contributed by atoms with Gasteiger partial charge in [-0.3, -0.25) is 14.5 Å². The predicted octanol–water partition coefficient (Wildman–Crippen LogP) is 0.684. The number of hydrogen-bond acceptors (Lipinski definition) is 6. The van der Waals surface area contributed by atoms with E-state index in [1.165, 1.54) is 11.3 Å². The van der Waals surface area contributed by atoms with Crippen LogP contribution in [0.4, 0.5) is 0 Å². The van der Waals surface area contributed by atoms with Crippen molar-refractivity contribution in [3.05, 3.63) is 22.4 Å². The molecule has 0 aromatic carbocycles. The molecule has 0 saturated carbocycles. The van der Waals surface area contributed by atoms with Crippen LogP contribution < -0.4 is 0 Å². The molecule has 0 aliphatic carbocycles. The van der Waals surface area contributed by atoms with E-state index in [4.69, 9.17) is 0 Å². The van der Waals surface area contributed by atoms with E-state index in [2.05, 4.69) is 4.90 Å². The summed E-state index contributed by atoms with van der Waals surface area (Å²) < 4.78 is 23.4. The van der Waals surface area contributed by atoms with Gasteiger partial charge in [0.25, 0.3) is 5.91 Å². The van der Waals surface area contributed by atoms with Gasteiger partial charge in [-0.05, 0) is 30.7 Å². The molecule has 0 spiro atoms. The molecule has 1 aromatic heterocycles. The fraction of sp³-hybridized carbons (Fsp3) is 0.667. The van der Waals surface area contributed by atoms with Crippen LogP contribution in [0.2, 0.25) is 0 Å². The van der Waals surface area contributed by atoms with Gasteiger partial charge in [-0.2, -0.15) is 0 Å².